The van der Waals surface area contributed by atoms with Gasteiger partial charge < -0.3 is 10.4 Å². The van der Waals surface area contributed by atoms with Crippen LogP contribution in [-0.2, 0) is 10.0 Å². The Labute approximate surface area is 118 Å². The third kappa shape index (κ3) is 4.77. The number of sulfonamides is 1. The van der Waals surface area contributed by atoms with Crippen molar-refractivity contribution in [3.05, 3.63) is 28.0 Å². The zero-order valence-corrected chi connectivity index (χ0v) is 12.3. The number of carboxylic acids is 1. The minimum atomic E-state index is -3.29. The van der Waals surface area contributed by atoms with Crippen molar-refractivity contribution >= 4 is 37.6 Å². The lowest BCUT2D eigenvalue weighted by Gasteiger charge is -2.10. The molecule has 0 saturated heterocycles. The lowest BCUT2D eigenvalue weighted by molar-refractivity contribution is 0.0695. The molecule has 6 nitrogen and oxygen atoms in total. The number of benzene rings is 1. The van der Waals surface area contributed by atoms with Crippen LogP contribution in [0.4, 0.5) is 10.1 Å². The van der Waals surface area contributed by atoms with Crippen molar-refractivity contribution in [2.75, 3.05) is 24.7 Å². The molecule has 0 aliphatic rings. The predicted molar refractivity (Wildman–Crippen MR) is 72.4 cm³/mol. The van der Waals surface area contributed by atoms with Gasteiger partial charge in [-0.1, -0.05) is 0 Å². The molecule has 106 valence electrons. The third-order valence-corrected chi connectivity index (χ3v) is 3.62. The molecule has 0 fully saturated rings. The molecule has 1 rings (SSSR count). The van der Waals surface area contributed by atoms with E-state index in [9.17, 15) is 17.6 Å². The van der Waals surface area contributed by atoms with Crippen molar-refractivity contribution in [2.24, 2.45) is 0 Å². The SMILES string of the molecule is CS(=O)(=O)NCCNc1ccc(C(=O)O)c(Br)c1F. The monoisotopic (exact) mass is 354 g/mol. The van der Waals surface area contributed by atoms with E-state index >= 15 is 0 Å². The lowest BCUT2D eigenvalue weighted by atomic mass is 10.2. The smallest absolute Gasteiger partial charge is 0.336 e. The van der Waals surface area contributed by atoms with Crippen LogP contribution in [-0.4, -0.2) is 38.8 Å². The van der Waals surface area contributed by atoms with Crippen LogP contribution < -0.4 is 10.0 Å². The second-order valence-corrected chi connectivity index (χ2v) is 6.31. The molecule has 0 radical (unpaired) electrons. The van der Waals surface area contributed by atoms with Crippen molar-refractivity contribution < 1.29 is 22.7 Å². The molecule has 1 aromatic carbocycles. The van der Waals surface area contributed by atoms with Gasteiger partial charge in [-0.2, -0.15) is 0 Å². The fourth-order valence-corrected chi connectivity index (χ4v) is 2.27. The molecule has 0 bridgehead atoms. The topological polar surface area (TPSA) is 95.5 Å². The molecule has 0 amide bonds. The summed E-state index contributed by atoms with van der Waals surface area (Å²) < 4.78 is 37.5. The predicted octanol–water partition coefficient (Wildman–Crippen LogP) is 1.25. The van der Waals surface area contributed by atoms with Gasteiger partial charge in [0.2, 0.25) is 10.0 Å². The van der Waals surface area contributed by atoms with Crippen molar-refractivity contribution in [1.82, 2.24) is 4.72 Å². The zero-order chi connectivity index (χ0) is 14.6. The molecule has 3 N–H and O–H groups in total. The lowest BCUT2D eigenvalue weighted by Crippen LogP contribution is -2.27. The summed E-state index contributed by atoms with van der Waals surface area (Å²) in [5.41, 5.74) is -0.0931. The van der Waals surface area contributed by atoms with Gasteiger partial charge in [0.25, 0.3) is 0 Å². The first kappa shape index (κ1) is 15.9. The van der Waals surface area contributed by atoms with E-state index in [1.54, 1.807) is 0 Å². The molecule has 0 atom stereocenters. The van der Waals surface area contributed by atoms with Gasteiger partial charge >= 0.3 is 5.97 Å². The van der Waals surface area contributed by atoms with Gasteiger partial charge in [0, 0.05) is 13.1 Å². The summed E-state index contributed by atoms with van der Waals surface area (Å²) in [6.45, 7) is 0.263. The van der Waals surface area contributed by atoms with Crippen molar-refractivity contribution in [2.45, 2.75) is 0 Å². The summed E-state index contributed by atoms with van der Waals surface area (Å²) in [5.74, 6) is -1.98. The maximum absolute atomic E-state index is 13.8. The standard InChI is InChI=1S/C10H12BrFN2O4S/c1-19(17,18)14-5-4-13-7-3-2-6(10(15)16)8(11)9(7)12/h2-3,13-14H,4-5H2,1H3,(H,15,16). The number of hydrogen-bond donors (Lipinski definition) is 3. The molecular weight excluding hydrogens is 343 g/mol. The summed E-state index contributed by atoms with van der Waals surface area (Å²) >= 11 is 2.87. The number of anilines is 1. The molecule has 0 spiro atoms. The van der Waals surface area contributed by atoms with Crippen LogP contribution in [0.1, 0.15) is 10.4 Å². The van der Waals surface area contributed by atoms with E-state index in [1.165, 1.54) is 12.1 Å². The Morgan fingerprint density at radius 3 is 2.58 bits per heavy atom. The molecule has 0 aliphatic carbocycles. The molecule has 1 aromatic rings. The van der Waals surface area contributed by atoms with Crippen molar-refractivity contribution in [3.63, 3.8) is 0 Å². The molecule has 0 saturated carbocycles. The Balaban J connectivity index is 2.71. The number of halogens is 2. The average molecular weight is 355 g/mol. The summed E-state index contributed by atoms with van der Waals surface area (Å²) in [6.07, 6.45) is 1.02. The second kappa shape index (κ2) is 6.31. The summed E-state index contributed by atoms with van der Waals surface area (Å²) in [5, 5.41) is 11.5. The van der Waals surface area contributed by atoms with Gasteiger partial charge in [-0.25, -0.2) is 22.3 Å². The Bertz CT molecular complexity index is 591. The van der Waals surface area contributed by atoms with Crippen LogP contribution in [0, 0.1) is 5.82 Å². The maximum Gasteiger partial charge on any atom is 0.336 e. The van der Waals surface area contributed by atoms with E-state index in [0.29, 0.717) is 0 Å². The Hall–Kier alpha value is -1.19. The van der Waals surface area contributed by atoms with Gasteiger partial charge in [0.05, 0.1) is 22.0 Å². The van der Waals surface area contributed by atoms with Gasteiger partial charge in [-0.15, -0.1) is 0 Å². The van der Waals surface area contributed by atoms with E-state index in [1.807, 2.05) is 0 Å². The Kier molecular flexibility index (Phi) is 5.27. The van der Waals surface area contributed by atoms with Crippen LogP contribution in [0.3, 0.4) is 0 Å². The molecular formula is C10H12BrFN2O4S. The number of rotatable bonds is 6. The summed E-state index contributed by atoms with van der Waals surface area (Å²) in [6, 6.07) is 2.53. The largest absolute Gasteiger partial charge is 0.478 e. The number of carbonyl (C=O) groups is 1. The average Bonchev–Trinajstić information content (AvgIpc) is 2.28. The first-order valence-corrected chi connectivity index (χ1v) is 7.80. The number of nitrogens with one attached hydrogen (secondary N) is 2. The molecule has 0 heterocycles. The van der Waals surface area contributed by atoms with Crippen LogP contribution in [0.5, 0.6) is 0 Å². The zero-order valence-electron chi connectivity index (χ0n) is 9.91. The Morgan fingerprint density at radius 2 is 2.05 bits per heavy atom. The minimum absolute atomic E-state index is 0.0900. The Morgan fingerprint density at radius 1 is 1.42 bits per heavy atom. The van der Waals surface area contributed by atoms with E-state index in [4.69, 9.17) is 5.11 Å². The van der Waals surface area contributed by atoms with Crippen LogP contribution in [0.2, 0.25) is 0 Å². The highest BCUT2D eigenvalue weighted by atomic mass is 79.9. The van der Waals surface area contributed by atoms with E-state index < -0.39 is 21.8 Å². The van der Waals surface area contributed by atoms with Gasteiger partial charge in [0.1, 0.15) is 0 Å². The van der Waals surface area contributed by atoms with Crippen LogP contribution >= 0.6 is 15.9 Å². The third-order valence-electron chi connectivity index (χ3n) is 2.12. The van der Waals surface area contributed by atoms with Gasteiger partial charge in [-0.3, -0.25) is 0 Å². The van der Waals surface area contributed by atoms with E-state index in [-0.39, 0.29) is 28.8 Å². The highest BCUT2D eigenvalue weighted by Gasteiger charge is 2.15. The number of hydrogen-bond acceptors (Lipinski definition) is 4. The molecule has 0 aliphatic heterocycles. The molecule has 9 heteroatoms. The van der Waals surface area contributed by atoms with Crippen molar-refractivity contribution in [1.29, 1.82) is 0 Å². The fraction of sp³-hybridized carbons (Fsp3) is 0.300. The maximum atomic E-state index is 13.8. The quantitative estimate of drug-likeness (QED) is 0.668. The normalized spacial score (nSPS) is 11.3. The second-order valence-electron chi connectivity index (χ2n) is 3.69. The van der Waals surface area contributed by atoms with E-state index in [0.717, 1.165) is 6.26 Å². The number of carboxylic acid groups (broad SMARTS) is 1. The first-order valence-electron chi connectivity index (χ1n) is 5.12. The molecule has 0 unspecified atom stereocenters. The van der Waals surface area contributed by atoms with Gasteiger partial charge in [0.15, 0.2) is 5.82 Å². The number of aromatic carboxylic acids is 1. The first-order chi connectivity index (χ1) is 8.72. The van der Waals surface area contributed by atoms with Gasteiger partial charge in [-0.05, 0) is 28.1 Å². The minimum Gasteiger partial charge on any atom is -0.478 e. The fourth-order valence-electron chi connectivity index (χ4n) is 1.28. The summed E-state index contributed by atoms with van der Waals surface area (Å²) in [4.78, 5) is 10.8. The summed E-state index contributed by atoms with van der Waals surface area (Å²) in [7, 11) is -3.29. The molecule has 0 aromatic heterocycles. The highest BCUT2D eigenvalue weighted by molar-refractivity contribution is 9.10. The van der Waals surface area contributed by atoms with Crippen LogP contribution in [0.15, 0.2) is 16.6 Å². The van der Waals surface area contributed by atoms with E-state index in [2.05, 4.69) is 26.0 Å². The van der Waals surface area contributed by atoms with Crippen molar-refractivity contribution in [3.8, 4) is 0 Å². The van der Waals surface area contributed by atoms with Crippen LogP contribution in [0.25, 0.3) is 0 Å². The highest BCUT2D eigenvalue weighted by Crippen LogP contribution is 2.26. The molecule has 19 heavy (non-hydrogen) atoms.